The third kappa shape index (κ3) is 10.5. The zero-order valence-corrected chi connectivity index (χ0v) is 38.1. The normalized spacial score (nSPS) is 23.8. The fraction of sp³-hybridized carbons (Fsp3) is 0.523. The highest BCUT2D eigenvalue weighted by Gasteiger charge is 2.51. The fourth-order valence-electron chi connectivity index (χ4n) is 8.42. The number of hydrogen-bond acceptors (Lipinski definition) is 10. The maximum atomic E-state index is 13.1. The Hall–Kier alpha value is -3.85. The van der Waals surface area contributed by atoms with Gasteiger partial charge in [-0.05, 0) is 112 Å². The zero-order valence-electron chi connectivity index (χ0n) is 34.9. The number of esters is 3. The number of nitrogens with one attached hydrogen (secondary N) is 2. The van der Waals surface area contributed by atoms with E-state index in [1.54, 1.807) is 14.2 Å². The van der Waals surface area contributed by atoms with Crippen LogP contribution in [0.1, 0.15) is 119 Å². The van der Waals surface area contributed by atoms with Crippen LogP contribution < -0.4 is 10.6 Å². The number of carbonyl (C=O) groups is 5. The van der Waals surface area contributed by atoms with E-state index in [9.17, 15) is 29.1 Å². The maximum Gasteiger partial charge on any atom is 0.310 e. The number of ether oxygens (including phenoxy) is 4. The minimum absolute atomic E-state index is 0.174. The average Bonchev–Trinajstić information content (AvgIpc) is 3.54. The first-order valence-corrected chi connectivity index (χ1v) is 21.3. The maximum absolute atomic E-state index is 13.1. The molecule has 2 aliphatic heterocycles. The van der Waals surface area contributed by atoms with Gasteiger partial charge in [0.15, 0.2) is 0 Å². The summed E-state index contributed by atoms with van der Waals surface area (Å²) < 4.78 is 22.3. The molecular weight excluding hydrogens is 876 g/mol. The Morgan fingerprint density at radius 2 is 1.09 bits per heavy atom. The summed E-state index contributed by atoms with van der Waals surface area (Å²) in [4.78, 5) is 57.3. The van der Waals surface area contributed by atoms with Crippen molar-refractivity contribution in [2.75, 3.05) is 14.2 Å². The van der Waals surface area contributed by atoms with Crippen LogP contribution in [0.15, 0.2) is 44.7 Å². The first-order chi connectivity index (χ1) is 27.3. The van der Waals surface area contributed by atoms with Gasteiger partial charge < -0.3 is 34.7 Å². The summed E-state index contributed by atoms with van der Waals surface area (Å²) in [7, 11) is 3.43. The van der Waals surface area contributed by atoms with Gasteiger partial charge >= 0.3 is 17.9 Å². The van der Waals surface area contributed by atoms with Crippen molar-refractivity contribution in [3.63, 3.8) is 0 Å². The van der Waals surface area contributed by atoms with E-state index in [1.807, 2.05) is 26.0 Å². The van der Waals surface area contributed by atoms with E-state index in [-0.39, 0.29) is 29.8 Å². The summed E-state index contributed by atoms with van der Waals surface area (Å²) >= 11 is 7.22. The van der Waals surface area contributed by atoms with Crippen LogP contribution >= 0.6 is 31.9 Å². The molecule has 0 bridgehead atoms. The minimum atomic E-state index is -0.636. The molecule has 6 rings (SSSR count). The Balaban J connectivity index is 0.000000222. The number of methoxy groups -OCH3 is 2. The van der Waals surface area contributed by atoms with Crippen LogP contribution in [-0.4, -0.2) is 72.3 Å². The lowest BCUT2D eigenvalue weighted by molar-refractivity contribution is -0.156. The van der Waals surface area contributed by atoms with Gasteiger partial charge in [-0.15, -0.1) is 0 Å². The summed E-state index contributed by atoms with van der Waals surface area (Å²) in [5.41, 5.74) is 5.66. The molecule has 0 saturated heterocycles. The molecule has 3 N–H and O–H groups in total. The summed E-state index contributed by atoms with van der Waals surface area (Å²) in [5.74, 6) is -1.23. The molecule has 2 spiro atoms. The summed E-state index contributed by atoms with van der Waals surface area (Å²) in [6, 6.07) is 8.15. The second-order valence-corrected chi connectivity index (χ2v) is 17.0. The summed E-state index contributed by atoms with van der Waals surface area (Å²) in [5, 5.41) is 17.2. The van der Waals surface area contributed by atoms with Crippen molar-refractivity contribution in [2.45, 2.75) is 136 Å². The van der Waals surface area contributed by atoms with Crippen molar-refractivity contribution in [3.8, 4) is 0 Å². The van der Waals surface area contributed by atoms with Crippen molar-refractivity contribution in [3.05, 3.63) is 78.1 Å². The molecule has 2 amide bonds. The van der Waals surface area contributed by atoms with Gasteiger partial charge in [-0.1, -0.05) is 57.8 Å². The molecule has 2 aromatic rings. The van der Waals surface area contributed by atoms with Crippen LogP contribution in [0, 0.1) is 13.8 Å². The third-order valence-corrected chi connectivity index (χ3v) is 12.4. The van der Waals surface area contributed by atoms with Gasteiger partial charge in [-0.25, -0.2) is 0 Å². The minimum Gasteiger partial charge on any atom is -0.509 e. The zero-order chi connectivity index (χ0) is 43.1. The molecule has 0 unspecified atom stereocenters. The second-order valence-electron chi connectivity index (χ2n) is 15.3. The highest BCUT2D eigenvalue weighted by Crippen LogP contribution is 2.47. The van der Waals surface area contributed by atoms with Crippen LogP contribution in [0.5, 0.6) is 0 Å². The number of carbonyl (C=O) groups excluding carboxylic acids is 5. The SMILES string of the molecule is CC(=O)OC(C)=O.CCc1cc(C)cc(Br)c1C1=C(O)C2(CCC(OC)CC2)NC1=O.CCc1cc(C)cc(Br)c1C1=C(OC(C)=O)C2(CCC(OC)CC2)NC1=O. The van der Waals surface area contributed by atoms with Gasteiger partial charge in [0.05, 0.1) is 34.4 Å². The Labute approximate surface area is 358 Å². The number of halogens is 2. The van der Waals surface area contributed by atoms with E-state index in [0.717, 1.165) is 80.9 Å². The lowest BCUT2D eigenvalue weighted by Gasteiger charge is -2.37. The number of hydrogen-bond donors (Lipinski definition) is 3. The Kier molecular flexibility index (Phi) is 16.1. The molecule has 2 heterocycles. The number of aliphatic hydroxyl groups excluding tert-OH is 1. The predicted molar refractivity (Wildman–Crippen MR) is 227 cm³/mol. The smallest absolute Gasteiger partial charge is 0.310 e. The van der Waals surface area contributed by atoms with Crippen molar-refractivity contribution in [1.29, 1.82) is 0 Å². The predicted octanol–water partition coefficient (Wildman–Crippen LogP) is 8.19. The van der Waals surface area contributed by atoms with Crippen molar-refractivity contribution < 1.29 is 48.0 Å². The molecule has 4 aliphatic rings. The van der Waals surface area contributed by atoms with E-state index in [4.69, 9.17) is 14.2 Å². The van der Waals surface area contributed by atoms with Crippen LogP contribution in [-0.2, 0) is 55.8 Å². The molecule has 12 nitrogen and oxygen atoms in total. The van der Waals surface area contributed by atoms with Crippen molar-refractivity contribution in [1.82, 2.24) is 10.6 Å². The monoisotopic (exact) mass is 930 g/mol. The Morgan fingerprint density at radius 1 is 0.690 bits per heavy atom. The highest BCUT2D eigenvalue weighted by atomic mass is 79.9. The van der Waals surface area contributed by atoms with Crippen LogP contribution in [0.3, 0.4) is 0 Å². The number of benzene rings is 2. The van der Waals surface area contributed by atoms with E-state index in [1.165, 1.54) is 20.8 Å². The second kappa shape index (κ2) is 19.9. The first-order valence-electron chi connectivity index (χ1n) is 19.7. The first kappa shape index (κ1) is 46.8. The fourth-order valence-corrected chi connectivity index (χ4v) is 10.0. The lowest BCUT2D eigenvalue weighted by Crippen LogP contribution is -2.49. The number of aryl methyl sites for hydroxylation is 4. The number of amides is 2. The Morgan fingerprint density at radius 3 is 1.47 bits per heavy atom. The molecule has 0 aromatic heterocycles. The van der Waals surface area contributed by atoms with Crippen LogP contribution in [0.4, 0.5) is 0 Å². The summed E-state index contributed by atoms with van der Waals surface area (Å²) in [6.45, 7) is 11.9. The molecule has 2 aromatic carbocycles. The molecule has 0 atom stereocenters. The van der Waals surface area contributed by atoms with Gasteiger partial charge in [0.2, 0.25) is 0 Å². The van der Waals surface area contributed by atoms with Crippen molar-refractivity contribution >= 4 is 72.7 Å². The van der Waals surface area contributed by atoms with E-state index in [2.05, 4.69) is 73.2 Å². The van der Waals surface area contributed by atoms with Crippen molar-refractivity contribution in [2.24, 2.45) is 0 Å². The van der Waals surface area contributed by atoms with Gasteiger partial charge in [-0.2, -0.15) is 0 Å². The summed E-state index contributed by atoms with van der Waals surface area (Å²) in [6.07, 6.45) is 8.05. The van der Waals surface area contributed by atoms with E-state index in [0.29, 0.717) is 42.6 Å². The molecule has 58 heavy (non-hydrogen) atoms. The molecule has 316 valence electrons. The molecule has 2 fully saturated rings. The molecule has 2 aliphatic carbocycles. The van der Waals surface area contributed by atoms with Crippen LogP contribution in [0.2, 0.25) is 0 Å². The van der Waals surface area contributed by atoms with E-state index < -0.39 is 29.0 Å². The number of rotatable bonds is 7. The average molecular weight is 933 g/mol. The molecule has 14 heteroatoms. The van der Waals surface area contributed by atoms with Gasteiger partial charge in [0.1, 0.15) is 11.5 Å². The Bertz CT molecular complexity index is 1980. The quantitative estimate of drug-likeness (QED) is 0.182. The van der Waals surface area contributed by atoms with Crippen LogP contribution in [0.25, 0.3) is 11.1 Å². The largest absolute Gasteiger partial charge is 0.509 e. The topological polar surface area (TPSA) is 167 Å². The standard InChI is InChI=1S/C21H26BrNO4.C19H24BrNO3.C4H6O3/c1-5-14-10-12(2)11-16(22)17(14)18-19(27-13(3)24)21(23-20(18)25)8-6-15(26-4)7-9-21;1-4-12-9-11(2)10-14(20)15(12)16-17(22)19(21-18(16)23)7-5-13(24-3)6-8-19;1-3(5)7-4(2)6/h10-11,15H,5-9H2,1-4H3,(H,23,25);9-10,13,22H,4-8H2,1-3H3,(H,21,23);1-2H3. The number of aliphatic hydroxyl groups is 1. The third-order valence-electron chi connectivity index (χ3n) is 11.2. The lowest BCUT2D eigenvalue weighted by atomic mass is 9.79. The molecular formula is C44H56Br2N2O10. The molecule has 0 radical (unpaired) electrons. The van der Waals surface area contributed by atoms with E-state index >= 15 is 0 Å². The molecule has 2 saturated carbocycles. The van der Waals surface area contributed by atoms with Gasteiger partial charge in [0.25, 0.3) is 11.8 Å². The highest BCUT2D eigenvalue weighted by molar-refractivity contribution is 9.10. The van der Waals surface area contributed by atoms with Gasteiger partial charge in [0, 0.05) is 55.1 Å². The van der Waals surface area contributed by atoms with Gasteiger partial charge in [-0.3, -0.25) is 24.0 Å².